The van der Waals surface area contributed by atoms with Gasteiger partial charge in [0.2, 0.25) is 0 Å². The van der Waals surface area contributed by atoms with E-state index in [9.17, 15) is 9.90 Å². The molecule has 0 radical (unpaired) electrons. The summed E-state index contributed by atoms with van der Waals surface area (Å²) in [6, 6.07) is 14.1. The zero-order chi connectivity index (χ0) is 15.2. The number of phenols is 1. The summed E-state index contributed by atoms with van der Waals surface area (Å²) in [5.41, 5.74) is 4.82. The largest absolute Gasteiger partial charge is 0.508 e. The van der Waals surface area contributed by atoms with Crippen LogP contribution in [0.4, 0.5) is 0 Å². The van der Waals surface area contributed by atoms with E-state index in [1.807, 2.05) is 25.1 Å². The number of aromatic hydroxyl groups is 1. The van der Waals surface area contributed by atoms with Crippen LogP contribution in [0.25, 0.3) is 0 Å². The number of halogens is 1. The van der Waals surface area contributed by atoms with Gasteiger partial charge in [0.15, 0.2) is 0 Å². The van der Waals surface area contributed by atoms with E-state index >= 15 is 0 Å². The van der Waals surface area contributed by atoms with Gasteiger partial charge in [0.25, 0.3) is 5.91 Å². The van der Waals surface area contributed by atoms with Crippen molar-refractivity contribution in [1.82, 2.24) is 5.43 Å². The maximum absolute atomic E-state index is 12.1. The summed E-state index contributed by atoms with van der Waals surface area (Å²) < 4.78 is 0.880. The summed E-state index contributed by atoms with van der Waals surface area (Å²) in [6.07, 6.45) is 0.678. The predicted molar refractivity (Wildman–Crippen MR) is 91.6 cm³/mol. The van der Waals surface area contributed by atoms with Gasteiger partial charge in [0, 0.05) is 3.57 Å². The smallest absolute Gasteiger partial charge is 0.272 e. The molecule has 108 valence electrons. The fourth-order valence-corrected chi connectivity index (χ4v) is 2.46. The first-order valence-electron chi connectivity index (χ1n) is 6.52. The lowest BCUT2D eigenvalue weighted by Crippen LogP contribution is -2.20. The molecule has 0 heterocycles. The SMILES string of the molecule is CC/C(=N\NC(=O)c1ccccc1I)c1ccc(O)cc1. The number of nitrogens with one attached hydrogen (secondary N) is 1. The molecule has 0 spiro atoms. The van der Waals surface area contributed by atoms with Crippen molar-refractivity contribution in [2.75, 3.05) is 0 Å². The Kier molecular flexibility index (Phi) is 5.32. The number of phenolic OH excluding ortho intramolecular Hbond substituents is 1. The first-order chi connectivity index (χ1) is 10.1. The molecule has 5 heteroatoms. The molecule has 0 aliphatic rings. The number of amides is 1. The Hall–Kier alpha value is -1.89. The first-order valence-corrected chi connectivity index (χ1v) is 7.60. The van der Waals surface area contributed by atoms with Crippen molar-refractivity contribution in [1.29, 1.82) is 0 Å². The van der Waals surface area contributed by atoms with Gasteiger partial charge in [-0.3, -0.25) is 4.79 Å². The van der Waals surface area contributed by atoms with E-state index in [0.717, 1.165) is 14.8 Å². The van der Waals surface area contributed by atoms with Crippen LogP contribution in [0.1, 0.15) is 29.3 Å². The third-order valence-electron chi connectivity index (χ3n) is 2.95. The lowest BCUT2D eigenvalue weighted by Gasteiger charge is -2.06. The second-order valence-electron chi connectivity index (χ2n) is 4.38. The van der Waals surface area contributed by atoms with Gasteiger partial charge in [0.05, 0.1) is 11.3 Å². The van der Waals surface area contributed by atoms with Crippen molar-refractivity contribution >= 4 is 34.2 Å². The highest BCUT2D eigenvalue weighted by Gasteiger charge is 2.09. The molecular formula is C16H15IN2O2. The molecule has 0 unspecified atom stereocenters. The fraction of sp³-hybridized carbons (Fsp3) is 0.125. The topological polar surface area (TPSA) is 61.7 Å². The molecule has 0 aliphatic heterocycles. The highest BCUT2D eigenvalue weighted by molar-refractivity contribution is 14.1. The van der Waals surface area contributed by atoms with E-state index in [4.69, 9.17) is 0 Å². The molecule has 0 fully saturated rings. The van der Waals surface area contributed by atoms with Crippen molar-refractivity contribution in [2.45, 2.75) is 13.3 Å². The standard InChI is InChI=1S/C16H15IN2O2/c1-2-15(11-7-9-12(20)10-8-11)18-19-16(21)13-5-3-4-6-14(13)17/h3-10,20H,2H2,1H3,(H,19,21)/b18-15+. The molecule has 0 bridgehead atoms. The number of hydrogen-bond donors (Lipinski definition) is 2. The second-order valence-corrected chi connectivity index (χ2v) is 5.54. The third-order valence-corrected chi connectivity index (χ3v) is 3.89. The summed E-state index contributed by atoms with van der Waals surface area (Å²) in [5.74, 6) is -0.0261. The first kappa shape index (κ1) is 15.5. The minimum Gasteiger partial charge on any atom is -0.508 e. The van der Waals surface area contributed by atoms with Crippen LogP contribution < -0.4 is 5.43 Å². The zero-order valence-electron chi connectivity index (χ0n) is 11.5. The maximum atomic E-state index is 12.1. The number of hydrogen-bond acceptors (Lipinski definition) is 3. The van der Waals surface area contributed by atoms with Gasteiger partial charge in [-0.25, -0.2) is 5.43 Å². The quantitative estimate of drug-likeness (QED) is 0.474. The van der Waals surface area contributed by atoms with Gasteiger partial charge < -0.3 is 5.11 Å². The van der Waals surface area contributed by atoms with Crippen LogP contribution in [0, 0.1) is 3.57 Å². The molecule has 0 saturated carbocycles. The van der Waals surface area contributed by atoms with E-state index in [1.165, 1.54) is 0 Å². The lowest BCUT2D eigenvalue weighted by molar-refractivity contribution is 0.0954. The highest BCUT2D eigenvalue weighted by atomic mass is 127. The average Bonchev–Trinajstić information content (AvgIpc) is 2.49. The second kappa shape index (κ2) is 7.21. The van der Waals surface area contributed by atoms with Crippen molar-refractivity contribution in [2.24, 2.45) is 5.10 Å². The van der Waals surface area contributed by atoms with Crippen molar-refractivity contribution in [3.63, 3.8) is 0 Å². The molecule has 21 heavy (non-hydrogen) atoms. The normalized spacial score (nSPS) is 11.2. The summed E-state index contributed by atoms with van der Waals surface area (Å²) in [5, 5.41) is 13.5. The van der Waals surface area contributed by atoms with Crippen LogP contribution in [0.2, 0.25) is 0 Å². The van der Waals surface area contributed by atoms with Gasteiger partial charge >= 0.3 is 0 Å². The minimum atomic E-state index is -0.232. The number of carbonyl (C=O) groups excluding carboxylic acids is 1. The Labute approximate surface area is 137 Å². The van der Waals surface area contributed by atoms with Crippen molar-refractivity contribution in [3.05, 3.63) is 63.2 Å². The number of hydrazone groups is 1. The van der Waals surface area contributed by atoms with Crippen LogP contribution in [0.5, 0.6) is 5.75 Å². The fourth-order valence-electron chi connectivity index (χ4n) is 1.83. The summed E-state index contributed by atoms with van der Waals surface area (Å²) in [6.45, 7) is 1.96. The van der Waals surface area contributed by atoms with E-state index in [2.05, 4.69) is 33.1 Å². The van der Waals surface area contributed by atoms with E-state index in [-0.39, 0.29) is 11.7 Å². The van der Waals surface area contributed by atoms with Gasteiger partial charge in [-0.05, 0) is 71.0 Å². The highest BCUT2D eigenvalue weighted by Crippen LogP contribution is 2.13. The lowest BCUT2D eigenvalue weighted by atomic mass is 10.1. The van der Waals surface area contributed by atoms with Crippen molar-refractivity contribution in [3.8, 4) is 5.75 Å². The van der Waals surface area contributed by atoms with Crippen LogP contribution in [0.3, 0.4) is 0 Å². The van der Waals surface area contributed by atoms with Gasteiger partial charge in [0.1, 0.15) is 5.75 Å². The van der Waals surface area contributed by atoms with Crippen LogP contribution in [0.15, 0.2) is 53.6 Å². The van der Waals surface area contributed by atoms with E-state index in [1.54, 1.807) is 30.3 Å². The van der Waals surface area contributed by atoms with E-state index in [0.29, 0.717) is 12.0 Å². The molecule has 4 nitrogen and oxygen atoms in total. The molecule has 2 aromatic carbocycles. The van der Waals surface area contributed by atoms with Crippen LogP contribution in [-0.2, 0) is 0 Å². The Balaban J connectivity index is 2.16. The average molecular weight is 394 g/mol. The molecule has 1 amide bonds. The molecule has 2 aromatic rings. The number of nitrogens with zero attached hydrogens (tertiary/aromatic N) is 1. The van der Waals surface area contributed by atoms with Gasteiger partial charge in [-0.2, -0.15) is 5.10 Å². The molecule has 0 atom stereocenters. The van der Waals surface area contributed by atoms with Gasteiger partial charge in [-0.1, -0.05) is 19.1 Å². The van der Waals surface area contributed by atoms with E-state index < -0.39 is 0 Å². The zero-order valence-corrected chi connectivity index (χ0v) is 13.7. The molecule has 2 N–H and O–H groups in total. The predicted octanol–water partition coefficient (Wildman–Crippen LogP) is 3.54. The van der Waals surface area contributed by atoms with Crippen LogP contribution >= 0.6 is 22.6 Å². The third kappa shape index (κ3) is 4.04. The molecule has 0 aliphatic carbocycles. The number of carbonyl (C=O) groups is 1. The minimum absolute atomic E-state index is 0.206. The van der Waals surface area contributed by atoms with Crippen LogP contribution in [-0.4, -0.2) is 16.7 Å². The summed E-state index contributed by atoms with van der Waals surface area (Å²) in [4.78, 5) is 12.1. The summed E-state index contributed by atoms with van der Waals surface area (Å²) >= 11 is 2.12. The number of benzene rings is 2. The Morgan fingerprint density at radius 2 is 1.86 bits per heavy atom. The Morgan fingerprint density at radius 1 is 1.19 bits per heavy atom. The summed E-state index contributed by atoms with van der Waals surface area (Å²) in [7, 11) is 0. The molecule has 2 rings (SSSR count). The molecule has 0 aromatic heterocycles. The molecule has 0 saturated heterocycles. The Bertz CT molecular complexity index is 666. The number of rotatable bonds is 4. The Morgan fingerprint density at radius 3 is 2.48 bits per heavy atom. The monoisotopic (exact) mass is 394 g/mol. The van der Waals surface area contributed by atoms with Crippen molar-refractivity contribution < 1.29 is 9.90 Å². The maximum Gasteiger partial charge on any atom is 0.272 e. The molecular weight excluding hydrogens is 379 g/mol. The van der Waals surface area contributed by atoms with Gasteiger partial charge in [-0.15, -0.1) is 0 Å².